The fourth-order valence-corrected chi connectivity index (χ4v) is 2.39. The zero-order valence-electron chi connectivity index (χ0n) is 9.89. The smallest absolute Gasteiger partial charge is 0.0295 e. The lowest BCUT2D eigenvalue weighted by atomic mass is 9.91. The van der Waals surface area contributed by atoms with Crippen LogP contribution in [-0.4, -0.2) is 17.1 Å². The summed E-state index contributed by atoms with van der Waals surface area (Å²) in [5.74, 6) is 0. The second-order valence-corrected chi connectivity index (χ2v) is 4.78. The van der Waals surface area contributed by atoms with Gasteiger partial charge in [0.15, 0.2) is 0 Å². The fourth-order valence-electron chi connectivity index (χ4n) is 2.39. The Morgan fingerprint density at radius 1 is 1.25 bits per heavy atom. The fraction of sp³-hybridized carbons (Fsp3) is 0.615. The van der Waals surface area contributed by atoms with E-state index in [4.69, 9.17) is 5.73 Å². The highest BCUT2D eigenvalue weighted by atomic mass is 14.9. The van der Waals surface area contributed by atoms with E-state index in [0.29, 0.717) is 18.1 Å². The van der Waals surface area contributed by atoms with Crippen molar-refractivity contribution in [1.29, 1.82) is 0 Å². The standard InChI is InChI=1S/C13H21N3/c1-10(11-6-8-15-9-7-11)16-13-4-2-12(14)3-5-13/h6-10,12-13,16H,2-5,14H2,1H3/t10-,12?,13?/m1/s1. The van der Waals surface area contributed by atoms with Crippen LogP contribution in [0.3, 0.4) is 0 Å². The number of pyridine rings is 1. The van der Waals surface area contributed by atoms with Gasteiger partial charge in [-0.3, -0.25) is 4.98 Å². The zero-order valence-corrected chi connectivity index (χ0v) is 9.89. The first-order chi connectivity index (χ1) is 7.75. The molecule has 3 N–H and O–H groups in total. The van der Waals surface area contributed by atoms with Crippen LogP contribution < -0.4 is 11.1 Å². The highest BCUT2D eigenvalue weighted by Crippen LogP contribution is 2.20. The van der Waals surface area contributed by atoms with Gasteiger partial charge in [-0.15, -0.1) is 0 Å². The Balaban J connectivity index is 1.86. The van der Waals surface area contributed by atoms with E-state index in [2.05, 4.69) is 29.4 Å². The number of nitrogens with one attached hydrogen (secondary N) is 1. The molecule has 3 heteroatoms. The first kappa shape index (κ1) is 11.6. The van der Waals surface area contributed by atoms with Gasteiger partial charge in [-0.1, -0.05) is 0 Å². The molecular formula is C13H21N3. The minimum atomic E-state index is 0.405. The summed E-state index contributed by atoms with van der Waals surface area (Å²) in [7, 11) is 0. The van der Waals surface area contributed by atoms with Crippen LogP contribution in [0.4, 0.5) is 0 Å². The lowest BCUT2D eigenvalue weighted by Gasteiger charge is -2.29. The van der Waals surface area contributed by atoms with Crippen LogP contribution in [0.15, 0.2) is 24.5 Å². The van der Waals surface area contributed by atoms with Crippen LogP contribution in [-0.2, 0) is 0 Å². The molecule has 2 rings (SSSR count). The molecule has 1 atom stereocenters. The predicted octanol–water partition coefficient (Wildman–Crippen LogP) is 2.00. The van der Waals surface area contributed by atoms with E-state index in [9.17, 15) is 0 Å². The highest BCUT2D eigenvalue weighted by molar-refractivity contribution is 5.14. The molecule has 0 aromatic carbocycles. The third kappa shape index (κ3) is 3.03. The topological polar surface area (TPSA) is 50.9 Å². The summed E-state index contributed by atoms with van der Waals surface area (Å²) in [6, 6.07) is 5.61. The molecule has 0 bridgehead atoms. The van der Waals surface area contributed by atoms with Gasteiger partial charge in [0, 0.05) is 30.5 Å². The maximum atomic E-state index is 5.90. The Kier molecular flexibility index (Phi) is 3.91. The molecule has 1 fully saturated rings. The van der Waals surface area contributed by atoms with Crippen molar-refractivity contribution in [1.82, 2.24) is 10.3 Å². The first-order valence-electron chi connectivity index (χ1n) is 6.17. The molecule has 3 nitrogen and oxygen atoms in total. The Bertz CT molecular complexity index is 304. The Labute approximate surface area is 97.5 Å². The number of aromatic nitrogens is 1. The SMILES string of the molecule is C[C@@H](NC1CCC(N)CC1)c1ccncc1. The molecule has 0 saturated heterocycles. The van der Waals surface area contributed by atoms with Crippen molar-refractivity contribution in [2.75, 3.05) is 0 Å². The largest absolute Gasteiger partial charge is 0.328 e. The van der Waals surface area contributed by atoms with Gasteiger partial charge in [-0.05, 0) is 50.3 Å². The van der Waals surface area contributed by atoms with Crippen molar-refractivity contribution in [3.05, 3.63) is 30.1 Å². The normalized spacial score (nSPS) is 27.6. The van der Waals surface area contributed by atoms with E-state index in [0.717, 1.165) is 12.8 Å². The monoisotopic (exact) mass is 219 g/mol. The van der Waals surface area contributed by atoms with Crippen LogP contribution in [0, 0.1) is 0 Å². The van der Waals surface area contributed by atoms with Crippen LogP contribution >= 0.6 is 0 Å². The summed E-state index contributed by atoms with van der Waals surface area (Å²) < 4.78 is 0. The van der Waals surface area contributed by atoms with Crippen LogP contribution in [0.25, 0.3) is 0 Å². The molecule has 0 spiro atoms. The van der Waals surface area contributed by atoms with Crippen molar-refractivity contribution in [3.63, 3.8) is 0 Å². The van der Waals surface area contributed by atoms with Crippen molar-refractivity contribution in [3.8, 4) is 0 Å². The van der Waals surface area contributed by atoms with Crippen molar-refractivity contribution < 1.29 is 0 Å². The quantitative estimate of drug-likeness (QED) is 0.817. The first-order valence-corrected chi connectivity index (χ1v) is 6.17. The Morgan fingerprint density at radius 2 is 1.88 bits per heavy atom. The maximum absolute atomic E-state index is 5.90. The summed E-state index contributed by atoms with van der Waals surface area (Å²) in [5.41, 5.74) is 7.21. The zero-order chi connectivity index (χ0) is 11.4. The van der Waals surface area contributed by atoms with Gasteiger partial charge in [-0.25, -0.2) is 0 Å². The third-order valence-electron chi connectivity index (χ3n) is 3.46. The number of rotatable bonds is 3. The summed E-state index contributed by atoms with van der Waals surface area (Å²) in [6.45, 7) is 2.21. The minimum Gasteiger partial charge on any atom is -0.328 e. The number of hydrogen-bond acceptors (Lipinski definition) is 3. The van der Waals surface area contributed by atoms with E-state index < -0.39 is 0 Å². The van der Waals surface area contributed by atoms with Gasteiger partial charge in [-0.2, -0.15) is 0 Å². The molecule has 1 saturated carbocycles. The second-order valence-electron chi connectivity index (χ2n) is 4.78. The number of nitrogens with two attached hydrogens (primary N) is 1. The molecule has 88 valence electrons. The average Bonchev–Trinajstić information content (AvgIpc) is 2.33. The van der Waals surface area contributed by atoms with Crippen LogP contribution in [0.1, 0.15) is 44.2 Å². The molecule has 0 amide bonds. The van der Waals surface area contributed by atoms with Crippen LogP contribution in [0.5, 0.6) is 0 Å². The van der Waals surface area contributed by atoms with Gasteiger partial charge in [0.25, 0.3) is 0 Å². The Morgan fingerprint density at radius 3 is 2.50 bits per heavy atom. The summed E-state index contributed by atoms with van der Waals surface area (Å²) in [5, 5.41) is 3.67. The van der Waals surface area contributed by atoms with E-state index in [1.54, 1.807) is 0 Å². The molecule has 0 radical (unpaired) electrons. The molecule has 1 aromatic rings. The predicted molar refractivity (Wildman–Crippen MR) is 66.0 cm³/mol. The number of nitrogens with zero attached hydrogens (tertiary/aromatic N) is 1. The van der Waals surface area contributed by atoms with E-state index >= 15 is 0 Å². The second kappa shape index (κ2) is 5.41. The highest BCUT2D eigenvalue weighted by Gasteiger charge is 2.19. The summed E-state index contributed by atoms with van der Waals surface area (Å²) in [4.78, 5) is 4.04. The van der Waals surface area contributed by atoms with Gasteiger partial charge in [0.1, 0.15) is 0 Å². The maximum Gasteiger partial charge on any atom is 0.0295 e. The lowest BCUT2D eigenvalue weighted by Crippen LogP contribution is -2.38. The van der Waals surface area contributed by atoms with Crippen molar-refractivity contribution >= 4 is 0 Å². The summed E-state index contributed by atoms with van der Waals surface area (Å²) in [6.07, 6.45) is 8.42. The lowest BCUT2D eigenvalue weighted by molar-refractivity contribution is 0.322. The van der Waals surface area contributed by atoms with Crippen molar-refractivity contribution in [2.24, 2.45) is 5.73 Å². The number of hydrogen-bond donors (Lipinski definition) is 2. The van der Waals surface area contributed by atoms with Crippen LogP contribution in [0.2, 0.25) is 0 Å². The molecule has 1 aliphatic carbocycles. The molecule has 1 heterocycles. The minimum absolute atomic E-state index is 0.405. The van der Waals surface area contributed by atoms with Gasteiger partial charge >= 0.3 is 0 Å². The van der Waals surface area contributed by atoms with Gasteiger partial charge < -0.3 is 11.1 Å². The van der Waals surface area contributed by atoms with Gasteiger partial charge in [0.2, 0.25) is 0 Å². The van der Waals surface area contributed by atoms with Crippen molar-refractivity contribution in [2.45, 2.75) is 50.7 Å². The molecule has 1 aromatic heterocycles. The molecule has 0 aliphatic heterocycles. The van der Waals surface area contributed by atoms with E-state index in [1.165, 1.54) is 18.4 Å². The summed E-state index contributed by atoms with van der Waals surface area (Å²) >= 11 is 0. The van der Waals surface area contributed by atoms with Gasteiger partial charge in [0.05, 0.1) is 0 Å². The van der Waals surface area contributed by atoms with E-state index in [1.807, 2.05) is 12.4 Å². The van der Waals surface area contributed by atoms with E-state index in [-0.39, 0.29) is 0 Å². The Hall–Kier alpha value is -0.930. The molecule has 16 heavy (non-hydrogen) atoms. The third-order valence-corrected chi connectivity index (χ3v) is 3.46. The molecule has 0 unspecified atom stereocenters. The molecule has 1 aliphatic rings. The average molecular weight is 219 g/mol. The molecular weight excluding hydrogens is 198 g/mol.